The summed E-state index contributed by atoms with van der Waals surface area (Å²) in [5, 5.41) is 5.80. The van der Waals surface area contributed by atoms with Crippen LogP contribution in [0.25, 0.3) is 0 Å². The number of carbonyl (C=O) groups excluding carboxylic acids is 1. The fraction of sp³-hybridized carbons (Fsp3) is 0.500. The number of rotatable bonds is 7. The van der Waals surface area contributed by atoms with E-state index in [0.717, 1.165) is 18.4 Å². The quantitative estimate of drug-likeness (QED) is 0.809. The van der Waals surface area contributed by atoms with Crippen LogP contribution in [0.1, 0.15) is 38.2 Å². The van der Waals surface area contributed by atoms with Gasteiger partial charge in [0.1, 0.15) is 6.10 Å². The van der Waals surface area contributed by atoms with Gasteiger partial charge in [0.25, 0.3) is 0 Å². The van der Waals surface area contributed by atoms with Crippen molar-refractivity contribution in [1.29, 1.82) is 0 Å². The number of carbonyl (C=O) groups is 1. The molecular formula is C18H25N5O2. The lowest BCUT2D eigenvalue weighted by molar-refractivity contribution is 0.198. The maximum atomic E-state index is 12.1. The largest absolute Gasteiger partial charge is 0.474 e. The Hall–Kier alpha value is -2.57. The molecule has 0 unspecified atom stereocenters. The minimum Gasteiger partial charge on any atom is -0.474 e. The summed E-state index contributed by atoms with van der Waals surface area (Å²) in [6.45, 7) is 3.02. The zero-order chi connectivity index (χ0) is 17.5. The number of imidazole rings is 1. The lowest BCUT2D eigenvalue weighted by atomic mass is 10.2. The number of amides is 2. The number of ether oxygens (including phenoxy) is 1. The van der Waals surface area contributed by atoms with Crippen LogP contribution < -0.4 is 15.4 Å². The second-order valence-corrected chi connectivity index (χ2v) is 6.48. The number of nitrogens with zero attached hydrogens (tertiary/aromatic N) is 3. The van der Waals surface area contributed by atoms with Crippen LogP contribution in [-0.4, -0.2) is 32.7 Å². The first-order chi connectivity index (χ1) is 12.2. The molecule has 0 aliphatic heterocycles. The normalized spacial score (nSPS) is 15.7. The molecule has 2 heterocycles. The Bertz CT molecular complexity index is 668. The van der Waals surface area contributed by atoms with Gasteiger partial charge in [0.15, 0.2) is 0 Å². The van der Waals surface area contributed by atoms with E-state index < -0.39 is 0 Å². The third-order valence-electron chi connectivity index (χ3n) is 4.29. The molecule has 0 radical (unpaired) electrons. The highest BCUT2D eigenvalue weighted by molar-refractivity contribution is 5.74. The lowest BCUT2D eigenvalue weighted by Crippen LogP contribution is -2.42. The molecule has 7 heteroatoms. The monoisotopic (exact) mass is 343 g/mol. The summed E-state index contributed by atoms with van der Waals surface area (Å²) >= 11 is 0. The summed E-state index contributed by atoms with van der Waals surface area (Å²) in [4.78, 5) is 20.4. The van der Waals surface area contributed by atoms with E-state index in [9.17, 15) is 4.79 Å². The second-order valence-electron chi connectivity index (χ2n) is 6.48. The molecule has 1 atom stereocenters. The number of pyridine rings is 1. The summed E-state index contributed by atoms with van der Waals surface area (Å²) in [7, 11) is 0. The van der Waals surface area contributed by atoms with Crippen molar-refractivity contribution in [1.82, 2.24) is 25.2 Å². The van der Waals surface area contributed by atoms with Crippen LogP contribution in [-0.2, 0) is 13.1 Å². The molecule has 3 rings (SSSR count). The van der Waals surface area contributed by atoms with Crippen molar-refractivity contribution < 1.29 is 9.53 Å². The highest BCUT2D eigenvalue weighted by Crippen LogP contribution is 2.24. The molecule has 134 valence electrons. The molecule has 2 aromatic rings. The van der Waals surface area contributed by atoms with Gasteiger partial charge in [-0.1, -0.05) is 6.07 Å². The minimum atomic E-state index is -0.205. The fourth-order valence-electron chi connectivity index (χ4n) is 3.04. The van der Waals surface area contributed by atoms with Crippen molar-refractivity contribution >= 4 is 6.03 Å². The van der Waals surface area contributed by atoms with Gasteiger partial charge in [-0.2, -0.15) is 0 Å². The van der Waals surface area contributed by atoms with E-state index >= 15 is 0 Å². The number of urea groups is 1. The van der Waals surface area contributed by atoms with E-state index in [1.54, 1.807) is 18.7 Å². The Morgan fingerprint density at radius 1 is 1.40 bits per heavy atom. The zero-order valence-electron chi connectivity index (χ0n) is 14.5. The van der Waals surface area contributed by atoms with Crippen LogP contribution >= 0.6 is 0 Å². The Labute approximate surface area is 147 Å². The average Bonchev–Trinajstić information content (AvgIpc) is 3.28. The topological polar surface area (TPSA) is 81.1 Å². The molecule has 2 N–H and O–H groups in total. The van der Waals surface area contributed by atoms with Gasteiger partial charge in [-0.3, -0.25) is 0 Å². The number of nitrogens with one attached hydrogen (secondary N) is 2. The predicted molar refractivity (Wildman–Crippen MR) is 94.2 cm³/mol. The smallest absolute Gasteiger partial charge is 0.315 e. The number of hydrogen-bond donors (Lipinski definition) is 2. The molecule has 0 bridgehead atoms. The molecule has 0 spiro atoms. The van der Waals surface area contributed by atoms with Gasteiger partial charge < -0.3 is 19.9 Å². The molecule has 0 aromatic carbocycles. The summed E-state index contributed by atoms with van der Waals surface area (Å²) < 4.78 is 7.93. The lowest BCUT2D eigenvalue weighted by Gasteiger charge is -2.17. The van der Waals surface area contributed by atoms with Crippen molar-refractivity contribution in [2.45, 2.75) is 57.8 Å². The standard InChI is InChI=1S/C18H25N5O2/c1-14(12-23-10-9-19-13-23)22-18(24)21-11-15-5-4-8-20-17(15)25-16-6-2-3-7-16/h4-5,8-10,13-14,16H,2-3,6-7,11-12H2,1H3,(H2,21,22,24)/t14-/m0/s1. The first-order valence-corrected chi connectivity index (χ1v) is 8.81. The van der Waals surface area contributed by atoms with Crippen LogP contribution in [0.3, 0.4) is 0 Å². The van der Waals surface area contributed by atoms with Gasteiger partial charge in [-0.15, -0.1) is 0 Å². The van der Waals surface area contributed by atoms with Crippen LogP contribution in [0.15, 0.2) is 37.1 Å². The van der Waals surface area contributed by atoms with Gasteiger partial charge in [-0.25, -0.2) is 14.8 Å². The van der Waals surface area contributed by atoms with Crippen LogP contribution in [0.5, 0.6) is 5.88 Å². The Balaban J connectivity index is 1.48. The van der Waals surface area contributed by atoms with Gasteiger partial charge in [-0.05, 0) is 38.7 Å². The van der Waals surface area contributed by atoms with Crippen LogP contribution in [0.2, 0.25) is 0 Å². The van der Waals surface area contributed by atoms with Crippen molar-refractivity contribution in [3.05, 3.63) is 42.6 Å². The Kier molecular flexibility index (Phi) is 5.87. The number of aromatic nitrogens is 3. The fourth-order valence-corrected chi connectivity index (χ4v) is 3.04. The first kappa shape index (κ1) is 17.3. The predicted octanol–water partition coefficient (Wildman–Crippen LogP) is 2.49. The summed E-state index contributed by atoms with van der Waals surface area (Å²) in [5.74, 6) is 0.626. The van der Waals surface area contributed by atoms with Crippen LogP contribution in [0.4, 0.5) is 4.79 Å². The van der Waals surface area contributed by atoms with Gasteiger partial charge in [0, 0.05) is 43.3 Å². The van der Waals surface area contributed by atoms with Gasteiger partial charge in [0.05, 0.1) is 6.33 Å². The molecule has 2 aromatic heterocycles. The van der Waals surface area contributed by atoms with E-state index in [2.05, 4.69) is 20.6 Å². The maximum absolute atomic E-state index is 12.1. The van der Waals surface area contributed by atoms with Crippen molar-refractivity contribution in [3.63, 3.8) is 0 Å². The van der Waals surface area contributed by atoms with Crippen molar-refractivity contribution in [3.8, 4) is 5.88 Å². The van der Waals surface area contributed by atoms with Gasteiger partial charge >= 0.3 is 6.03 Å². The molecule has 1 aliphatic carbocycles. The first-order valence-electron chi connectivity index (χ1n) is 8.81. The van der Waals surface area contributed by atoms with Crippen molar-refractivity contribution in [2.75, 3.05) is 0 Å². The molecule has 0 saturated heterocycles. The SMILES string of the molecule is C[C@@H](Cn1ccnc1)NC(=O)NCc1cccnc1OC1CCCC1. The maximum Gasteiger partial charge on any atom is 0.315 e. The van der Waals surface area contributed by atoms with Gasteiger partial charge in [0.2, 0.25) is 5.88 Å². The highest BCUT2D eigenvalue weighted by Gasteiger charge is 2.18. The highest BCUT2D eigenvalue weighted by atomic mass is 16.5. The summed E-state index contributed by atoms with van der Waals surface area (Å²) in [6, 6.07) is 3.59. The third-order valence-corrected chi connectivity index (χ3v) is 4.29. The van der Waals surface area contributed by atoms with E-state index in [0.29, 0.717) is 19.0 Å². The Morgan fingerprint density at radius 3 is 3.00 bits per heavy atom. The molecular weight excluding hydrogens is 318 g/mol. The van der Waals surface area contributed by atoms with E-state index in [1.807, 2.05) is 29.8 Å². The average molecular weight is 343 g/mol. The second kappa shape index (κ2) is 8.50. The molecule has 2 amide bonds. The molecule has 1 saturated carbocycles. The van der Waals surface area contributed by atoms with E-state index in [1.165, 1.54) is 12.8 Å². The Morgan fingerprint density at radius 2 is 2.24 bits per heavy atom. The molecule has 1 aliphatic rings. The molecule has 7 nitrogen and oxygen atoms in total. The number of hydrogen-bond acceptors (Lipinski definition) is 4. The van der Waals surface area contributed by atoms with Crippen LogP contribution in [0, 0.1) is 0 Å². The van der Waals surface area contributed by atoms with E-state index in [4.69, 9.17) is 4.74 Å². The third kappa shape index (κ3) is 5.20. The molecule has 1 fully saturated rings. The van der Waals surface area contributed by atoms with Crippen molar-refractivity contribution in [2.24, 2.45) is 0 Å². The molecule has 25 heavy (non-hydrogen) atoms. The van der Waals surface area contributed by atoms with E-state index in [-0.39, 0.29) is 18.2 Å². The minimum absolute atomic E-state index is 0.00249. The zero-order valence-corrected chi connectivity index (χ0v) is 14.5. The summed E-state index contributed by atoms with van der Waals surface area (Å²) in [6.07, 6.45) is 11.9. The summed E-state index contributed by atoms with van der Waals surface area (Å²) in [5.41, 5.74) is 0.895.